The van der Waals surface area contributed by atoms with Gasteiger partial charge in [-0.25, -0.2) is 18.0 Å². The fraction of sp³-hybridized carbons (Fsp3) is 0.312. The van der Waals surface area contributed by atoms with Gasteiger partial charge < -0.3 is 4.74 Å². The summed E-state index contributed by atoms with van der Waals surface area (Å²) in [6.45, 7) is 5.59. The van der Waals surface area contributed by atoms with Crippen LogP contribution in [-0.2, 0) is 0 Å². The van der Waals surface area contributed by atoms with Crippen molar-refractivity contribution < 1.29 is 17.9 Å². The molecule has 0 amide bonds. The molecule has 0 bridgehead atoms. The molecule has 0 saturated heterocycles. The van der Waals surface area contributed by atoms with Gasteiger partial charge in [0.2, 0.25) is 0 Å². The highest BCUT2D eigenvalue weighted by Crippen LogP contribution is 2.33. The molecule has 0 aliphatic heterocycles. The van der Waals surface area contributed by atoms with Gasteiger partial charge in [0.05, 0.1) is 17.9 Å². The number of aromatic nitrogens is 4. The predicted octanol–water partition coefficient (Wildman–Crippen LogP) is 3.02. The summed E-state index contributed by atoms with van der Waals surface area (Å²) in [5, 5.41) is 4.19. The molecule has 0 unspecified atom stereocenters. The second-order valence-electron chi connectivity index (χ2n) is 5.68. The lowest BCUT2D eigenvalue weighted by Gasteiger charge is -2.07. The third-order valence-electron chi connectivity index (χ3n) is 3.60. The Hall–Kier alpha value is -2.84. The number of benzene rings is 1. The first-order chi connectivity index (χ1) is 11.8. The molecule has 0 aliphatic rings. The maximum atomic E-state index is 13.7. The Morgan fingerprint density at radius 1 is 1.24 bits per heavy atom. The molecule has 1 aromatic carbocycles. The fourth-order valence-corrected chi connectivity index (χ4v) is 2.53. The molecular formula is C16H15F3N4O2. The van der Waals surface area contributed by atoms with Gasteiger partial charge in [-0.3, -0.25) is 4.98 Å². The molecule has 1 N–H and O–H groups in total. The van der Waals surface area contributed by atoms with E-state index in [0.717, 1.165) is 16.6 Å². The molecule has 0 radical (unpaired) electrons. The van der Waals surface area contributed by atoms with Crippen molar-refractivity contribution in [3.05, 3.63) is 45.8 Å². The van der Waals surface area contributed by atoms with Gasteiger partial charge in [0.25, 0.3) is 6.01 Å². The fourth-order valence-electron chi connectivity index (χ4n) is 2.53. The van der Waals surface area contributed by atoms with Crippen molar-refractivity contribution in [3.63, 3.8) is 0 Å². The quantitative estimate of drug-likeness (QED) is 0.733. The number of halogens is 3. The van der Waals surface area contributed by atoms with Crippen LogP contribution >= 0.6 is 0 Å². The molecule has 0 aliphatic carbocycles. The zero-order valence-electron chi connectivity index (χ0n) is 13.7. The Labute approximate surface area is 140 Å². The van der Waals surface area contributed by atoms with Crippen molar-refractivity contribution in [1.29, 1.82) is 0 Å². The van der Waals surface area contributed by atoms with E-state index in [4.69, 9.17) is 4.74 Å². The summed E-state index contributed by atoms with van der Waals surface area (Å²) >= 11 is 0. The summed E-state index contributed by atoms with van der Waals surface area (Å²) in [6, 6.07) is 1.66. The Balaban J connectivity index is 2.39. The lowest BCUT2D eigenvalue weighted by Crippen LogP contribution is -2.20. The highest BCUT2D eigenvalue weighted by atomic mass is 19.2. The van der Waals surface area contributed by atoms with E-state index in [1.165, 1.54) is 0 Å². The van der Waals surface area contributed by atoms with E-state index in [0.29, 0.717) is 5.69 Å². The number of ether oxygens (including phenoxy) is 1. The minimum atomic E-state index is -1.56. The third kappa shape index (κ3) is 2.86. The van der Waals surface area contributed by atoms with Crippen molar-refractivity contribution in [2.75, 3.05) is 6.61 Å². The zero-order chi connectivity index (χ0) is 18.3. The van der Waals surface area contributed by atoms with E-state index in [-0.39, 0.29) is 35.3 Å². The Morgan fingerprint density at radius 3 is 2.44 bits per heavy atom. The topological polar surface area (TPSA) is 72.3 Å². The van der Waals surface area contributed by atoms with E-state index in [2.05, 4.69) is 15.1 Å². The molecule has 2 heterocycles. The van der Waals surface area contributed by atoms with Crippen molar-refractivity contribution in [1.82, 2.24) is 19.6 Å². The smallest absolute Gasteiger partial charge is 0.352 e. The van der Waals surface area contributed by atoms with E-state index < -0.39 is 23.1 Å². The van der Waals surface area contributed by atoms with E-state index in [1.54, 1.807) is 20.8 Å². The second kappa shape index (κ2) is 6.23. The van der Waals surface area contributed by atoms with Crippen LogP contribution in [0.1, 0.15) is 32.4 Å². The van der Waals surface area contributed by atoms with Crippen LogP contribution in [0.3, 0.4) is 0 Å². The standard InChI is InChI=1S/C16H15F3N4O2/c1-4-25-15-20-14-11(8-5-9(17)12(19)10(18)6-8)13(7(2)3)22-23(14)16(24)21-15/h5-7H,4H2,1-3H3,(H,20,21,24). The predicted molar refractivity (Wildman–Crippen MR) is 84.2 cm³/mol. The maximum Gasteiger partial charge on any atom is 0.352 e. The van der Waals surface area contributed by atoms with Crippen LogP contribution in [0.5, 0.6) is 6.01 Å². The molecule has 0 saturated carbocycles. The molecule has 3 rings (SSSR count). The van der Waals surface area contributed by atoms with Gasteiger partial charge in [-0.05, 0) is 30.5 Å². The number of H-pyrrole nitrogens is 1. The van der Waals surface area contributed by atoms with Crippen LogP contribution in [0.25, 0.3) is 16.8 Å². The SMILES string of the molecule is CCOc1nc2c(-c3cc(F)c(F)c(F)c3)c(C(C)C)nn2c(=O)[nH]1. The molecule has 2 aromatic heterocycles. The number of fused-ring (bicyclic) bond motifs is 1. The van der Waals surface area contributed by atoms with E-state index in [9.17, 15) is 18.0 Å². The first-order valence-corrected chi connectivity index (χ1v) is 7.64. The largest absolute Gasteiger partial charge is 0.465 e. The minimum Gasteiger partial charge on any atom is -0.465 e. The average Bonchev–Trinajstić information content (AvgIpc) is 2.92. The van der Waals surface area contributed by atoms with Crippen molar-refractivity contribution >= 4 is 5.65 Å². The molecule has 6 nitrogen and oxygen atoms in total. The molecular weight excluding hydrogens is 337 g/mol. The van der Waals surface area contributed by atoms with Crippen LogP contribution in [0.2, 0.25) is 0 Å². The normalized spacial score (nSPS) is 11.5. The van der Waals surface area contributed by atoms with Crippen LogP contribution in [0, 0.1) is 17.5 Å². The summed E-state index contributed by atoms with van der Waals surface area (Å²) in [5.41, 5.74) is 0.151. The molecule has 0 atom stereocenters. The highest BCUT2D eigenvalue weighted by molar-refractivity contribution is 5.80. The van der Waals surface area contributed by atoms with Gasteiger partial charge in [-0.2, -0.15) is 14.6 Å². The van der Waals surface area contributed by atoms with Gasteiger partial charge in [-0.15, -0.1) is 0 Å². The van der Waals surface area contributed by atoms with E-state index >= 15 is 0 Å². The zero-order valence-corrected chi connectivity index (χ0v) is 13.7. The summed E-state index contributed by atoms with van der Waals surface area (Å²) < 4.78 is 46.9. The number of nitrogens with zero attached hydrogens (tertiary/aromatic N) is 3. The molecule has 9 heteroatoms. The summed E-state index contributed by atoms with van der Waals surface area (Å²) in [4.78, 5) is 18.8. The Morgan fingerprint density at radius 2 is 1.88 bits per heavy atom. The van der Waals surface area contributed by atoms with Crippen LogP contribution < -0.4 is 10.4 Å². The number of aromatic amines is 1. The van der Waals surface area contributed by atoms with Gasteiger partial charge in [0.1, 0.15) is 0 Å². The molecule has 132 valence electrons. The number of nitrogens with one attached hydrogen (secondary N) is 1. The van der Waals surface area contributed by atoms with Gasteiger partial charge in [-0.1, -0.05) is 13.8 Å². The second-order valence-corrected chi connectivity index (χ2v) is 5.68. The van der Waals surface area contributed by atoms with Crippen molar-refractivity contribution in [2.24, 2.45) is 0 Å². The molecule has 0 spiro atoms. The monoisotopic (exact) mass is 352 g/mol. The Bertz CT molecular complexity index is 988. The minimum absolute atomic E-state index is 0.0376. The third-order valence-corrected chi connectivity index (χ3v) is 3.60. The van der Waals surface area contributed by atoms with Crippen LogP contribution in [0.4, 0.5) is 13.2 Å². The summed E-state index contributed by atoms with van der Waals surface area (Å²) in [6.07, 6.45) is 0. The average molecular weight is 352 g/mol. The number of rotatable bonds is 4. The molecule has 3 aromatic rings. The lowest BCUT2D eigenvalue weighted by atomic mass is 9.99. The number of hydrogen-bond donors (Lipinski definition) is 1. The highest BCUT2D eigenvalue weighted by Gasteiger charge is 2.23. The maximum absolute atomic E-state index is 13.7. The first-order valence-electron chi connectivity index (χ1n) is 7.64. The number of hydrogen-bond acceptors (Lipinski definition) is 4. The molecule has 25 heavy (non-hydrogen) atoms. The summed E-state index contributed by atoms with van der Waals surface area (Å²) in [7, 11) is 0. The van der Waals surface area contributed by atoms with Crippen LogP contribution in [0.15, 0.2) is 16.9 Å². The first kappa shape index (κ1) is 17.0. The van der Waals surface area contributed by atoms with Crippen molar-refractivity contribution in [3.8, 4) is 17.1 Å². The van der Waals surface area contributed by atoms with Gasteiger partial charge >= 0.3 is 5.69 Å². The van der Waals surface area contributed by atoms with Gasteiger partial charge in [0, 0.05) is 0 Å². The Kier molecular flexibility index (Phi) is 4.23. The van der Waals surface area contributed by atoms with Crippen molar-refractivity contribution in [2.45, 2.75) is 26.7 Å². The van der Waals surface area contributed by atoms with Crippen LogP contribution in [-0.4, -0.2) is 26.2 Å². The van der Waals surface area contributed by atoms with Gasteiger partial charge in [0.15, 0.2) is 23.1 Å². The lowest BCUT2D eigenvalue weighted by molar-refractivity contribution is 0.310. The molecule has 0 fully saturated rings. The van der Waals surface area contributed by atoms with E-state index in [1.807, 2.05) is 0 Å². The summed E-state index contributed by atoms with van der Waals surface area (Å²) in [5.74, 6) is -4.41.